The molecule has 1 aliphatic carbocycles. The molecule has 1 saturated carbocycles. The molecule has 1 aromatic rings. The van der Waals surface area contributed by atoms with E-state index in [9.17, 15) is 0 Å². The Bertz CT molecular complexity index is 382. The first-order valence-corrected chi connectivity index (χ1v) is 7.92. The minimum Gasteiger partial charge on any atom is -0.316 e. The van der Waals surface area contributed by atoms with Crippen LogP contribution in [-0.2, 0) is 6.42 Å². The monoisotopic (exact) mass is 309 g/mol. The van der Waals surface area contributed by atoms with Gasteiger partial charge in [-0.2, -0.15) is 0 Å². The van der Waals surface area contributed by atoms with Crippen molar-refractivity contribution < 1.29 is 0 Å². The van der Waals surface area contributed by atoms with Crippen LogP contribution in [-0.4, -0.2) is 13.1 Å². The number of hydrogen-bond acceptors (Lipinski definition) is 1. The standard InChI is InChI=1S/C16H24BrN/c1-3-16(10-6-7-11-16)15(18-2)12-13-8-4-5-9-14(13)17/h4-5,8-9,15,18H,3,6-7,10-12H2,1-2H3. The lowest BCUT2D eigenvalue weighted by atomic mass is 9.74. The molecule has 0 bridgehead atoms. The Balaban J connectivity index is 2.16. The Labute approximate surface area is 119 Å². The molecule has 0 aliphatic heterocycles. The lowest BCUT2D eigenvalue weighted by Gasteiger charge is -2.37. The first-order chi connectivity index (χ1) is 8.72. The van der Waals surface area contributed by atoms with Gasteiger partial charge in [-0.1, -0.05) is 53.9 Å². The summed E-state index contributed by atoms with van der Waals surface area (Å²) in [6.07, 6.45) is 8.01. The number of benzene rings is 1. The second kappa shape index (κ2) is 6.21. The van der Waals surface area contributed by atoms with Gasteiger partial charge in [0.1, 0.15) is 0 Å². The first kappa shape index (κ1) is 14.1. The molecular formula is C16H24BrN. The third-order valence-electron chi connectivity index (χ3n) is 4.77. The van der Waals surface area contributed by atoms with Gasteiger partial charge in [0.15, 0.2) is 0 Å². The summed E-state index contributed by atoms with van der Waals surface area (Å²) in [4.78, 5) is 0. The maximum Gasteiger partial charge on any atom is 0.0207 e. The quantitative estimate of drug-likeness (QED) is 0.841. The van der Waals surface area contributed by atoms with E-state index in [1.54, 1.807) is 0 Å². The van der Waals surface area contributed by atoms with Gasteiger partial charge in [0, 0.05) is 10.5 Å². The Hall–Kier alpha value is -0.340. The van der Waals surface area contributed by atoms with Crippen molar-refractivity contribution in [3.05, 3.63) is 34.3 Å². The molecule has 1 atom stereocenters. The van der Waals surface area contributed by atoms with Crippen LogP contribution in [0.5, 0.6) is 0 Å². The fourth-order valence-corrected chi connectivity index (χ4v) is 3.98. The highest BCUT2D eigenvalue weighted by atomic mass is 79.9. The van der Waals surface area contributed by atoms with Gasteiger partial charge in [-0.05, 0) is 49.8 Å². The summed E-state index contributed by atoms with van der Waals surface area (Å²) in [7, 11) is 2.12. The van der Waals surface area contributed by atoms with Crippen LogP contribution in [0.1, 0.15) is 44.6 Å². The third kappa shape index (κ3) is 2.80. The molecule has 18 heavy (non-hydrogen) atoms. The van der Waals surface area contributed by atoms with Crippen LogP contribution in [0, 0.1) is 5.41 Å². The summed E-state index contributed by atoms with van der Waals surface area (Å²) in [6.45, 7) is 2.36. The molecule has 1 aromatic carbocycles. The predicted molar refractivity (Wildman–Crippen MR) is 81.9 cm³/mol. The average molecular weight is 310 g/mol. The van der Waals surface area contributed by atoms with Gasteiger partial charge in [-0.3, -0.25) is 0 Å². The van der Waals surface area contributed by atoms with Crippen LogP contribution in [0.15, 0.2) is 28.7 Å². The van der Waals surface area contributed by atoms with Crippen molar-refractivity contribution in [2.45, 2.75) is 51.5 Å². The lowest BCUT2D eigenvalue weighted by Crippen LogP contribution is -2.43. The molecule has 1 fully saturated rings. The van der Waals surface area contributed by atoms with Gasteiger partial charge >= 0.3 is 0 Å². The van der Waals surface area contributed by atoms with E-state index in [-0.39, 0.29) is 0 Å². The first-order valence-electron chi connectivity index (χ1n) is 7.12. The van der Waals surface area contributed by atoms with E-state index >= 15 is 0 Å². The second-order valence-electron chi connectivity index (χ2n) is 5.56. The summed E-state index contributed by atoms with van der Waals surface area (Å²) < 4.78 is 1.24. The van der Waals surface area contributed by atoms with Crippen LogP contribution < -0.4 is 5.32 Å². The van der Waals surface area contributed by atoms with Gasteiger partial charge in [-0.25, -0.2) is 0 Å². The summed E-state index contributed by atoms with van der Waals surface area (Å²) in [5.41, 5.74) is 1.95. The minimum atomic E-state index is 0.518. The molecule has 0 spiro atoms. The van der Waals surface area contributed by atoms with E-state index in [1.165, 1.54) is 42.1 Å². The van der Waals surface area contributed by atoms with E-state index in [2.05, 4.69) is 59.5 Å². The van der Waals surface area contributed by atoms with Crippen molar-refractivity contribution in [1.82, 2.24) is 5.32 Å². The smallest absolute Gasteiger partial charge is 0.0207 e. The molecule has 2 rings (SSSR count). The Morgan fingerprint density at radius 3 is 2.50 bits per heavy atom. The van der Waals surface area contributed by atoms with Crippen molar-refractivity contribution >= 4 is 15.9 Å². The number of rotatable bonds is 5. The molecule has 0 saturated heterocycles. The fraction of sp³-hybridized carbons (Fsp3) is 0.625. The maximum absolute atomic E-state index is 3.67. The molecule has 100 valence electrons. The van der Waals surface area contributed by atoms with Gasteiger partial charge in [-0.15, -0.1) is 0 Å². The summed E-state index contributed by atoms with van der Waals surface area (Å²) in [6, 6.07) is 9.22. The van der Waals surface area contributed by atoms with Gasteiger partial charge in [0.2, 0.25) is 0 Å². The molecule has 0 radical (unpaired) electrons. The molecular weight excluding hydrogens is 286 g/mol. The number of likely N-dealkylation sites (N-methyl/N-ethyl adjacent to an activating group) is 1. The van der Waals surface area contributed by atoms with Gasteiger partial charge < -0.3 is 5.32 Å². The molecule has 0 aromatic heterocycles. The van der Waals surface area contributed by atoms with Gasteiger partial charge in [0.05, 0.1) is 0 Å². The van der Waals surface area contributed by atoms with E-state index in [4.69, 9.17) is 0 Å². The van der Waals surface area contributed by atoms with Crippen molar-refractivity contribution in [3.8, 4) is 0 Å². The molecule has 1 N–H and O–H groups in total. The summed E-state index contributed by atoms with van der Waals surface area (Å²) >= 11 is 3.67. The summed E-state index contributed by atoms with van der Waals surface area (Å²) in [5.74, 6) is 0. The van der Waals surface area contributed by atoms with Crippen molar-refractivity contribution in [2.24, 2.45) is 5.41 Å². The van der Waals surface area contributed by atoms with Crippen molar-refractivity contribution in [2.75, 3.05) is 7.05 Å². The van der Waals surface area contributed by atoms with Crippen LogP contribution in [0.2, 0.25) is 0 Å². The highest BCUT2D eigenvalue weighted by Gasteiger charge is 2.38. The van der Waals surface area contributed by atoms with E-state index in [1.807, 2.05) is 0 Å². The van der Waals surface area contributed by atoms with E-state index in [0.717, 1.165) is 6.42 Å². The van der Waals surface area contributed by atoms with Crippen LogP contribution in [0.4, 0.5) is 0 Å². The Morgan fingerprint density at radius 2 is 1.94 bits per heavy atom. The molecule has 0 heterocycles. The molecule has 2 heteroatoms. The highest BCUT2D eigenvalue weighted by molar-refractivity contribution is 9.10. The average Bonchev–Trinajstić information content (AvgIpc) is 2.88. The van der Waals surface area contributed by atoms with Crippen LogP contribution in [0.3, 0.4) is 0 Å². The molecule has 1 unspecified atom stereocenters. The van der Waals surface area contributed by atoms with Crippen LogP contribution in [0.25, 0.3) is 0 Å². The summed E-state index contributed by atoms with van der Waals surface area (Å²) in [5, 5.41) is 3.59. The molecule has 1 nitrogen and oxygen atoms in total. The normalized spacial score (nSPS) is 19.9. The van der Waals surface area contributed by atoms with Gasteiger partial charge in [0.25, 0.3) is 0 Å². The number of hydrogen-bond donors (Lipinski definition) is 1. The van der Waals surface area contributed by atoms with Crippen molar-refractivity contribution in [3.63, 3.8) is 0 Å². The topological polar surface area (TPSA) is 12.0 Å². The third-order valence-corrected chi connectivity index (χ3v) is 5.55. The Morgan fingerprint density at radius 1 is 1.28 bits per heavy atom. The Kier molecular flexibility index (Phi) is 4.85. The lowest BCUT2D eigenvalue weighted by molar-refractivity contribution is 0.192. The number of nitrogens with one attached hydrogen (secondary N) is 1. The zero-order valence-corrected chi connectivity index (χ0v) is 13.1. The predicted octanol–water partition coefficient (Wildman–Crippen LogP) is 4.55. The molecule has 1 aliphatic rings. The molecule has 0 amide bonds. The maximum atomic E-state index is 3.67. The zero-order chi connectivity index (χ0) is 13.0. The highest BCUT2D eigenvalue weighted by Crippen LogP contribution is 2.44. The zero-order valence-electron chi connectivity index (χ0n) is 11.5. The second-order valence-corrected chi connectivity index (χ2v) is 6.41. The van der Waals surface area contributed by atoms with Crippen molar-refractivity contribution in [1.29, 1.82) is 0 Å². The van der Waals surface area contributed by atoms with E-state index < -0.39 is 0 Å². The minimum absolute atomic E-state index is 0.518. The SMILES string of the molecule is CCC1(C(Cc2ccccc2Br)NC)CCCC1. The van der Waals surface area contributed by atoms with Crippen LogP contribution >= 0.6 is 15.9 Å². The van der Waals surface area contributed by atoms with E-state index in [0.29, 0.717) is 11.5 Å². The largest absolute Gasteiger partial charge is 0.316 e. The number of halogens is 1. The fourth-order valence-electron chi connectivity index (χ4n) is 3.54.